The highest BCUT2D eigenvalue weighted by molar-refractivity contribution is 5.95. The molecule has 0 aromatic heterocycles. The monoisotopic (exact) mass is 381 g/mol. The van der Waals surface area contributed by atoms with E-state index in [0.717, 1.165) is 34.4 Å². The van der Waals surface area contributed by atoms with Gasteiger partial charge in [-0.2, -0.15) is 0 Å². The minimum Gasteiger partial charge on any atom is -0.327 e. The lowest BCUT2D eigenvalue weighted by molar-refractivity contribution is 0.0688. The van der Waals surface area contributed by atoms with E-state index in [0.29, 0.717) is 13.0 Å². The number of hydrogen-bond acceptors (Lipinski definition) is 1. The molecule has 0 radical (unpaired) electrons. The quantitative estimate of drug-likeness (QED) is 0.559. The Morgan fingerprint density at radius 2 is 1.57 bits per heavy atom. The van der Waals surface area contributed by atoms with Gasteiger partial charge in [-0.05, 0) is 47.7 Å². The number of nitrogens with zero attached hydrogens (tertiary/aromatic N) is 1. The first-order valence-electron chi connectivity index (χ1n) is 9.07. The standard InChI is InChI=1S/C23H18F3NO/c1-14-6-2-4-8-16(14)22-17-9-5-3-7-15(17)12-13-27(22)23(28)18-10-11-19(24)21(26)20(18)25/h2-11,22H,12-13H2,1H3. The summed E-state index contributed by atoms with van der Waals surface area (Å²) in [6, 6.07) is 16.9. The van der Waals surface area contributed by atoms with Crippen LogP contribution >= 0.6 is 0 Å². The number of halogens is 3. The fourth-order valence-corrected chi connectivity index (χ4v) is 3.86. The molecule has 1 amide bonds. The van der Waals surface area contributed by atoms with Crippen LogP contribution in [0.5, 0.6) is 0 Å². The molecular weight excluding hydrogens is 363 g/mol. The van der Waals surface area contributed by atoms with Crippen molar-refractivity contribution < 1.29 is 18.0 Å². The molecule has 0 bridgehead atoms. The van der Waals surface area contributed by atoms with Crippen LogP contribution in [0.4, 0.5) is 13.2 Å². The molecule has 0 spiro atoms. The van der Waals surface area contributed by atoms with E-state index >= 15 is 0 Å². The van der Waals surface area contributed by atoms with Crippen LogP contribution in [0.3, 0.4) is 0 Å². The minimum atomic E-state index is -1.63. The minimum absolute atomic E-state index is 0.354. The van der Waals surface area contributed by atoms with Gasteiger partial charge in [0.2, 0.25) is 0 Å². The summed E-state index contributed by atoms with van der Waals surface area (Å²) >= 11 is 0. The zero-order chi connectivity index (χ0) is 19.8. The lowest BCUT2D eigenvalue weighted by atomic mass is 9.86. The largest absolute Gasteiger partial charge is 0.327 e. The van der Waals surface area contributed by atoms with E-state index in [9.17, 15) is 18.0 Å². The number of fused-ring (bicyclic) bond motifs is 1. The number of aryl methyl sites for hydroxylation is 1. The molecule has 5 heteroatoms. The molecule has 1 atom stereocenters. The van der Waals surface area contributed by atoms with Crippen LogP contribution in [0.15, 0.2) is 60.7 Å². The molecule has 2 nitrogen and oxygen atoms in total. The Morgan fingerprint density at radius 3 is 2.32 bits per heavy atom. The second kappa shape index (κ2) is 7.15. The van der Waals surface area contributed by atoms with Gasteiger partial charge in [-0.1, -0.05) is 48.5 Å². The third-order valence-corrected chi connectivity index (χ3v) is 5.29. The second-order valence-corrected chi connectivity index (χ2v) is 6.93. The molecule has 3 aromatic rings. The molecule has 1 aliphatic heterocycles. The zero-order valence-corrected chi connectivity index (χ0v) is 15.3. The fraction of sp³-hybridized carbons (Fsp3) is 0.174. The Labute approximate surface area is 161 Å². The van der Waals surface area contributed by atoms with Crippen molar-refractivity contribution in [3.05, 3.63) is 106 Å². The average molecular weight is 381 g/mol. The molecule has 1 heterocycles. The topological polar surface area (TPSA) is 20.3 Å². The van der Waals surface area contributed by atoms with E-state index in [1.54, 1.807) is 4.90 Å². The lowest BCUT2D eigenvalue weighted by Gasteiger charge is -2.38. The lowest BCUT2D eigenvalue weighted by Crippen LogP contribution is -2.41. The molecule has 0 fully saturated rings. The molecule has 142 valence electrons. The summed E-state index contributed by atoms with van der Waals surface area (Å²) in [7, 11) is 0. The highest BCUT2D eigenvalue weighted by Crippen LogP contribution is 2.37. The SMILES string of the molecule is Cc1ccccc1C1c2ccccc2CCN1C(=O)c1ccc(F)c(F)c1F. The van der Waals surface area contributed by atoms with Gasteiger partial charge in [0.1, 0.15) is 0 Å². The summed E-state index contributed by atoms with van der Waals surface area (Å²) in [4.78, 5) is 14.7. The van der Waals surface area contributed by atoms with Crippen LogP contribution < -0.4 is 0 Å². The molecular formula is C23H18F3NO. The van der Waals surface area contributed by atoms with Crippen molar-refractivity contribution in [2.45, 2.75) is 19.4 Å². The van der Waals surface area contributed by atoms with E-state index < -0.39 is 35.0 Å². The highest BCUT2D eigenvalue weighted by atomic mass is 19.2. The van der Waals surface area contributed by atoms with Gasteiger partial charge in [0.05, 0.1) is 11.6 Å². The summed E-state index contributed by atoms with van der Waals surface area (Å²) < 4.78 is 41.3. The number of carbonyl (C=O) groups is 1. The predicted molar refractivity (Wildman–Crippen MR) is 101 cm³/mol. The number of rotatable bonds is 2. The van der Waals surface area contributed by atoms with Gasteiger partial charge in [0.25, 0.3) is 5.91 Å². The smallest absolute Gasteiger partial charge is 0.257 e. The van der Waals surface area contributed by atoms with Crippen LogP contribution in [0, 0.1) is 24.4 Å². The van der Waals surface area contributed by atoms with Crippen molar-refractivity contribution in [1.29, 1.82) is 0 Å². The molecule has 0 saturated heterocycles. The number of benzene rings is 3. The maximum absolute atomic E-state index is 14.3. The van der Waals surface area contributed by atoms with Crippen LogP contribution in [-0.2, 0) is 6.42 Å². The first kappa shape index (κ1) is 18.3. The molecule has 28 heavy (non-hydrogen) atoms. The van der Waals surface area contributed by atoms with Crippen molar-refractivity contribution in [2.75, 3.05) is 6.54 Å². The second-order valence-electron chi connectivity index (χ2n) is 6.93. The van der Waals surface area contributed by atoms with Gasteiger partial charge in [0, 0.05) is 6.54 Å². The predicted octanol–water partition coefficient (Wildman–Crippen LogP) is 5.20. The number of amides is 1. The Morgan fingerprint density at radius 1 is 0.893 bits per heavy atom. The molecule has 0 aliphatic carbocycles. The summed E-state index contributed by atoms with van der Waals surface area (Å²) in [5.41, 5.74) is 3.53. The summed E-state index contributed by atoms with van der Waals surface area (Å²) in [6.45, 7) is 2.31. The number of carbonyl (C=O) groups excluding carboxylic acids is 1. The summed E-state index contributed by atoms with van der Waals surface area (Å²) in [5, 5.41) is 0. The Hall–Kier alpha value is -3.08. The van der Waals surface area contributed by atoms with E-state index in [1.807, 2.05) is 55.5 Å². The summed E-state index contributed by atoms with van der Waals surface area (Å²) in [5.74, 6) is -5.05. The Kier molecular flexibility index (Phi) is 4.67. The van der Waals surface area contributed by atoms with Crippen LogP contribution in [0.2, 0.25) is 0 Å². The van der Waals surface area contributed by atoms with E-state index in [1.165, 1.54) is 0 Å². The molecule has 1 unspecified atom stereocenters. The Bertz CT molecular complexity index is 1060. The summed E-state index contributed by atoms with van der Waals surface area (Å²) in [6.07, 6.45) is 0.607. The van der Waals surface area contributed by atoms with Gasteiger partial charge in [-0.25, -0.2) is 13.2 Å². The maximum Gasteiger partial charge on any atom is 0.257 e. The van der Waals surface area contributed by atoms with E-state index in [2.05, 4.69) is 0 Å². The first-order chi connectivity index (χ1) is 13.5. The zero-order valence-electron chi connectivity index (χ0n) is 15.3. The normalized spacial score (nSPS) is 16.0. The third-order valence-electron chi connectivity index (χ3n) is 5.29. The van der Waals surface area contributed by atoms with Gasteiger partial charge in [-0.3, -0.25) is 4.79 Å². The van der Waals surface area contributed by atoms with Crippen LogP contribution in [0.1, 0.15) is 38.7 Å². The van der Waals surface area contributed by atoms with Gasteiger partial charge in [-0.15, -0.1) is 0 Å². The van der Waals surface area contributed by atoms with Crippen molar-refractivity contribution in [3.63, 3.8) is 0 Å². The van der Waals surface area contributed by atoms with Gasteiger partial charge < -0.3 is 4.90 Å². The molecule has 3 aromatic carbocycles. The van der Waals surface area contributed by atoms with Crippen molar-refractivity contribution in [3.8, 4) is 0 Å². The van der Waals surface area contributed by atoms with Gasteiger partial charge >= 0.3 is 0 Å². The maximum atomic E-state index is 14.3. The highest BCUT2D eigenvalue weighted by Gasteiger charge is 2.34. The van der Waals surface area contributed by atoms with E-state index in [4.69, 9.17) is 0 Å². The van der Waals surface area contributed by atoms with Crippen LogP contribution in [0.25, 0.3) is 0 Å². The Balaban J connectivity index is 1.85. The van der Waals surface area contributed by atoms with Crippen LogP contribution in [-0.4, -0.2) is 17.4 Å². The van der Waals surface area contributed by atoms with E-state index in [-0.39, 0.29) is 0 Å². The van der Waals surface area contributed by atoms with Crippen molar-refractivity contribution >= 4 is 5.91 Å². The van der Waals surface area contributed by atoms with Crippen molar-refractivity contribution in [1.82, 2.24) is 4.90 Å². The van der Waals surface area contributed by atoms with Gasteiger partial charge in [0.15, 0.2) is 17.5 Å². The third kappa shape index (κ3) is 2.97. The molecule has 4 rings (SSSR count). The molecule has 0 N–H and O–H groups in total. The first-order valence-corrected chi connectivity index (χ1v) is 9.07. The fourth-order valence-electron chi connectivity index (χ4n) is 3.86. The molecule has 0 saturated carbocycles. The number of hydrogen-bond donors (Lipinski definition) is 0. The average Bonchev–Trinajstić information content (AvgIpc) is 2.71. The van der Waals surface area contributed by atoms with Crippen molar-refractivity contribution in [2.24, 2.45) is 0 Å². The molecule has 1 aliphatic rings.